The van der Waals surface area contributed by atoms with Crippen molar-refractivity contribution in [1.82, 2.24) is 10.8 Å². The van der Waals surface area contributed by atoms with Gasteiger partial charge in [0, 0.05) is 12.6 Å². The van der Waals surface area contributed by atoms with Crippen LogP contribution in [0.3, 0.4) is 0 Å². The van der Waals surface area contributed by atoms with Crippen LogP contribution in [0.2, 0.25) is 0 Å². The van der Waals surface area contributed by atoms with Crippen LogP contribution >= 0.6 is 7.82 Å². The molecule has 4 rings (SSSR count). The first-order valence-corrected chi connectivity index (χ1v) is 15.3. The van der Waals surface area contributed by atoms with Crippen molar-refractivity contribution in [1.29, 1.82) is 0 Å². The number of hydrogen-bond donors (Lipinski definition) is 2. The van der Waals surface area contributed by atoms with Crippen LogP contribution in [0, 0.1) is 0 Å². The molecule has 0 aromatic heterocycles. The number of cyclic esters (lactones) is 1. The zero-order chi connectivity index (χ0) is 30.7. The predicted octanol–water partition coefficient (Wildman–Crippen LogP) is 5.81. The zero-order valence-electron chi connectivity index (χ0n) is 25.1. The molecule has 2 aliphatic rings. The molecule has 11 nitrogen and oxygen atoms in total. The zero-order valence-corrected chi connectivity index (χ0v) is 26.0. The number of hydrogen-bond acceptors (Lipinski definition) is 9. The van der Waals surface area contributed by atoms with Crippen LogP contribution in [-0.4, -0.2) is 55.1 Å². The highest BCUT2D eigenvalue weighted by atomic mass is 31.2. The minimum absolute atomic E-state index is 0.0249. The Morgan fingerprint density at radius 2 is 1.52 bits per heavy atom. The van der Waals surface area contributed by atoms with E-state index in [1.54, 1.807) is 46.4 Å². The van der Waals surface area contributed by atoms with Gasteiger partial charge in [0.2, 0.25) is 5.91 Å². The second-order valence-electron chi connectivity index (χ2n) is 12.2. The molecule has 1 saturated heterocycles. The van der Waals surface area contributed by atoms with Gasteiger partial charge < -0.3 is 10.1 Å². The number of nitrogens with zero attached hydrogens (tertiary/aromatic N) is 1. The number of phosphoric acid groups is 1. The summed E-state index contributed by atoms with van der Waals surface area (Å²) < 4.78 is 35.6. The number of anilines is 1. The summed E-state index contributed by atoms with van der Waals surface area (Å²) in [6.07, 6.45) is 0.539. The van der Waals surface area contributed by atoms with Gasteiger partial charge in [-0.3, -0.25) is 33.6 Å². The van der Waals surface area contributed by atoms with Gasteiger partial charge in [0.1, 0.15) is 12.2 Å². The lowest BCUT2D eigenvalue weighted by molar-refractivity contribution is -0.119. The summed E-state index contributed by atoms with van der Waals surface area (Å²) in [7, 11) is -3.85. The van der Waals surface area contributed by atoms with Crippen molar-refractivity contribution < 1.29 is 37.3 Å². The molecule has 1 fully saturated rings. The maximum atomic E-state index is 13.3. The van der Waals surface area contributed by atoms with Crippen molar-refractivity contribution in [2.75, 3.05) is 24.6 Å². The number of carbonyl (C=O) groups is 2. The van der Waals surface area contributed by atoms with Crippen molar-refractivity contribution >= 4 is 31.2 Å². The Morgan fingerprint density at radius 1 is 0.976 bits per heavy atom. The molecule has 2 aromatic rings. The van der Waals surface area contributed by atoms with E-state index in [0.717, 1.165) is 28.1 Å². The lowest BCUT2D eigenvalue weighted by atomic mass is 10.0. The standard InChI is InChI=1S/C30H40N3O8P/c1-20(34)31-17-26-18-33(28(35)38-26)24-14-12-22(13-15-24)21-8-10-23(11-9-21)27-16-25(39-32-27)19-37-42(36,40-29(2,3)4)41-30(5,6)7/h8-16,25-26,32H,17-19H2,1-7H3,(H,31,34). The third kappa shape index (κ3) is 8.89. The van der Waals surface area contributed by atoms with Gasteiger partial charge in [-0.05, 0) is 76.4 Å². The summed E-state index contributed by atoms with van der Waals surface area (Å²) in [6, 6.07) is 15.6. The van der Waals surface area contributed by atoms with Crippen LogP contribution in [0.4, 0.5) is 10.5 Å². The number of carbonyl (C=O) groups excluding carboxylic acids is 2. The molecular formula is C30H40N3O8P. The molecule has 2 aliphatic heterocycles. The molecule has 2 atom stereocenters. The van der Waals surface area contributed by atoms with Crippen molar-refractivity contribution in [2.45, 2.75) is 71.9 Å². The second kappa shape index (κ2) is 12.6. The maximum Gasteiger partial charge on any atom is 0.475 e. The molecule has 2 aromatic carbocycles. The smallest absolute Gasteiger partial charge is 0.442 e. The molecule has 2 N–H and O–H groups in total. The van der Waals surface area contributed by atoms with Crippen molar-refractivity contribution in [3.63, 3.8) is 0 Å². The fourth-order valence-electron chi connectivity index (χ4n) is 4.31. The minimum Gasteiger partial charge on any atom is -0.442 e. The average Bonchev–Trinajstić information content (AvgIpc) is 3.51. The molecule has 12 heteroatoms. The van der Waals surface area contributed by atoms with Crippen molar-refractivity contribution in [3.8, 4) is 11.1 Å². The molecule has 0 radical (unpaired) electrons. The molecule has 42 heavy (non-hydrogen) atoms. The van der Waals surface area contributed by atoms with E-state index in [1.807, 2.05) is 54.6 Å². The first kappa shape index (κ1) is 31.7. The summed E-state index contributed by atoms with van der Waals surface area (Å²) >= 11 is 0. The van der Waals surface area contributed by atoms with E-state index in [9.17, 15) is 14.2 Å². The van der Waals surface area contributed by atoms with Gasteiger partial charge in [-0.1, -0.05) is 36.4 Å². The van der Waals surface area contributed by atoms with Gasteiger partial charge in [0.15, 0.2) is 0 Å². The van der Waals surface area contributed by atoms with Gasteiger partial charge in [0.25, 0.3) is 0 Å². The van der Waals surface area contributed by atoms with E-state index in [1.165, 1.54) is 6.92 Å². The van der Waals surface area contributed by atoms with Gasteiger partial charge >= 0.3 is 13.9 Å². The molecule has 0 bridgehead atoms. The van der Waals surface area contributed by atoms with Crippen LogP contribution in [0.5, 0.6) is 0 Å². The lowest BCUT2D eigenvalue weighted by Gasteiger charge is -2.31. The second-order valence-corrected chi connectivity index (χ2v) is 13.7. The van der Waals surface area contributed by atoms with Gasteiger partial charge in [-0.15, -0.1) is 0 Å². The Bertz CT molecular complexity index is 1330. The van der Waals surface area contributed by atoms with Gasteiger partial charge in [0.05, 0.1) is 36.6 Å². The highest BCUT2D eigenvalue weighted by molar-refractivity contribution is 7.48. The normalized spacial score (nSPS) is 19.4. The molecule has 2 unspecified atom stereocenters. The molecule has 228 valence electrons. The third-order valence-corrected chi connectivity index (χ3v) is 8.01. The summed E-state index contributed by atoms with van der Waals surface area (Å²) in [6.45, 7) is 12.8. The third-order valence-electron chi connectivity index (χ3n) is 6.00. The van der Waals surface area contributed by atoms with Crippen LogP contribution < -0.4 is 15.7 Å². The Morgan fingerprint density at radius 3 is 2.07 bits per heavy atom. The van der Waals surface area contributed by atoms with Crippen molar-refractivity contribution in [3.05, 3.63) is 60.2 Å². The van der Waals surface area contributed by atoms with E-state index >= 15 is 0 Å². The van der Waals surface area contributed by atoms with Crippen LogP contribution in [0.1, 0.15) is 54.0 Å². The highest BCUT2D eigenvalue weighted by Crippen LogP contribution is 2.55. The molecule has 0 spiro atoms. The van der Waals surface area contributed by atoms with E-state index in [2.05, 4.69) is 10.8 Å². The quantitative estimate of drug-likeness (QED) is 0.325. The fourth-order valence-corrected chi connectivity index (χ4v) is 6.12. The van der Waals surface area contributed by atoms with Crippen molar-refractivity contribution in [2.24, 2.45) is 0 Å². The van der Waals surface area contributed by atoms with Crippen LogP contribution in [-0.2, 0) is 32.5 Å². The number of hydroxylamine groups is 1. The number of phosphoric ester groups is 1. The highest BCUT2D eigenvalue weighted by Gasteiger charge is 2.38. The van der Waals surface area contributed by atoms with Gasteiger partial charge in [-0.25, -0.2) is 9.36 Å². The monoisotopic (exact) mass is 601 g/mol. The molecular weight excluding hydrogens is 561 g/mol. The first-order valence-electron chi connectivity index (χ1n) is 13.8. The number of ether oxygens (including phenoxy) is 1. The van der Waals surface area contributed by atoms with E-state index in [4.69, 9.17) is 23.1 Å². The summed E-state index contributed by atoms with van der Waals surface area (Å²) in [4.78, 5) is 30.6. The fraction of sp³-hybridized carbons (Fsp3) is 0.467. The number of rotatable bonds is 10. The van der Waals surface area contributed by atoms with Gasteiger partial charge in [-0.2, -0.15) is 0 Å². The number of amides is 2. The Balaban J connectivity index is 1.36. The van der Waals surface area contributed by atoms with Crippen LogP contribution in [0.25, 0.3) is 16.8 Å². The average molecular weight is 602 g/mol. The first-order chi connectivity index (χ1) is 19.6. The summed E-state index contributed by atoms with van der Waals surface area (Å²) in [5, 5.41) is 2.68. The molecule has 2 heterocycles. The summed E-state index contributed by atoms with van der Waals surface area (Å²) in [5.74, 6) is -0.166. The predicted molar refractivity (Wildman–Crippen MR) is 159 cm³/mol. The van der Waals surface area contributed by atoms with E-state index in [0.29, 0.717) is 6.54 Å². The molecule has 0 aliphatic carbocycles. The summed E-state index contributed by atoms with van der Waals surface area (Å²) in [5.41, 5.74) is 5.83. The SMILES string of the molecule is CC(=O)NCC1CN(c2ccc(-c3ccc(C4=CC(COP(=O)(OC(C)(C)C)OC(C)(C)C)ON4)cc3)cc2)C(=O)O1. The largest absolute Gasteiger partial charge is 0.475 e. The Kier molecular flexibility index (Phi) is 9.49. The molecule has 0 saturated carbocycles. The Labute approximate surface area is 247 Å². The van der Waals surface area contributed by atoms with Crippen LogP contribution in [0.15, 0.2) is 54.6 Å². The van der Waals surface area contributed by atoms with E-state index in [-0.39, 0.29) is 25.2 Å². The minimum atomic E-state index is -3.85. The number of benzene rings is 2. The topological polar surface area (TPSA) is 125 Å². The van der Waals surface area contributed by atoms with E-state index < -0.39 is 31.2 Å². The maximum absolute atomic E-state index is 13.3. The Hall–Kier alpha value is -3.21. The number of nitrogens with one attached hydrogen (secondary N) is 2. The lowest BCUT2D eigenvalue weighted by Crippen LogP contribution is -2.33. The molecule has 2 amide bonds.